The molecule has 1 N–H and O–H groups in total. The van der Waals surface area contributed by atoms with Crippen LogP contribution < -0.4 is 9.47 Å². The number of rotatable bonds is 5. The molecule has 0 fully saturated rings. The van der Waals surface area contributed by atoms with Gasteiger partial charge in [-0.2, -0.15) is 0 Å². The summed E-state index contributed by atoms with van der Waals surface area (Å²) in [7, 11) is 3.05. The molecule has 0 bridgehead atoms. The maximum Gasteiger partial charge on any atom is 0.336 e. The van der Waals surface area contributed by atoms with Crippen molar-refractivity contribution < 1.29 is 19.4 Å². The van der Waals surface area contributed by atoms with Crippen LogP contribution in [0.5, 0.6) is 11.5 Å². The van der Waals surface area contributed by atoms with Gasteiger partial charge in [-0.3, -0.25) is 0 Å². The van der Waals surface area contributed by atoms with Gasteiger partial charge >= 0.3 is 5.97 Å². The second-order valence-corrected chi connectivity index (χ2v) is 5.48. The van der Waals surface area contributed by atoms with Crippen molar-refractivity contribution in [3.8, 4) is 11.5 Å². The van der Waals surface area contributed by atoms with Crippen LogP contribution >= 0.6 is 23.2 Å². The Hall–Kier alpha value is -2.17. The molecule has 23 heavy (non-hydrogen) atoms. The summed E-state index contributed by atoms with van der Waals surface area (Å²) in [6.45, 7) is 0. The van der Waals surface area contributed by atoms with E-state index in [0.29, 0.717) is 27.6 Å². The molecule has 0 amide bonds. The number of aliphatic carboxylic acids is 1. The predicted molar refractivity (Wildman–Crippen MR) is 91.5 cm³/mol. The van der Waals surface area contributed by atoms with Crippen LogP contribution in [0.25, 0.3) is 11.6 Å². The molecule has 0 aliphatic carbocycles. The first-order chi connectivity index (χ1) is 10.9. The molecule has 4 nitrogen and oxygen atoms in total. The Labute approximate surface area is 143 Å². The zero-order chi connectivity index (χ0) is 17.0. The van der Waals surface area contributed by atoms with Crippen LogP contribution in [0.1, 0.15) is 11.1 Å². The van der Waals surface area contributed by atoms with E-state index < -0.39 is 5.97 Å². The zero-order valence-electron chi connectivity index (χ0n) is 12.5. The molecule has 0 spiro atoms. The predicted octanol–water partition coefficient (Wildman–Crippen LogP) is 4.64. The maximum atomic E-state index is 11.6. The van der Waals surface area contributed by atoms with Gasteiger partial charge in [0.2, 0.25) is 0 Å². The van der Waals surface area contributed by atoms with Crippen molar-refractivity contribution >= 4 is 40.8 Å². The Bertz CT molecular complexity index is 747. The average Bonchev–Trinajstić information content (AvgIpc) is 2.52. The van der Waals surface area contributed by atoms with Crippen LogP contribution in [0.15, 0.2) is 36.4 Å². The SMILES string of the molecule is COc1cc(/C=C(/C(=O)O)c2ccc(Cl)cc2Cl)cc(OC)c1. The fourth-order valence-corrected chi connectivity index (χ4v) is 2.55. The molecule has 0 heterocycles. The monoisotopic (exact) mass is 352 g/mol. The third-order valence-electron chi connectivity index (χ3n) is 3.14. The highest BCUT2D eigenvalue weighted by Gasteiger charge is 2.15. The van der Waals surface area contributed by atoms with Gasteiger partial charge in [-0.1, -0.05) is 29.3 Å². The number of ether oxygens (including phenoxy) is 2. The van der Waals surface area contributed by atoms with Gasteiger partial charge in [0.05, 0.1) is 24.8 Å². The highest BCUT2D eigenvalue weighted by atomic mass is 35.5. The number of hydrogen-bond donors (Lipinski definition) is 1. The van der Waals surface area contributed by atoms with Crippen molar-refractivity contribution in [3.05, 3.63) is 57.6 Å². The Kier molecular flexibility index (Phi) is 5.53. The van der Waals surface area contributed by atoms with Crippen LogP contribution in [0.2, 0.25) is 10.0 Å². The molecule has 2 aromatic carbocycles. The molecule has 0 aliphatic rings. The normalized spacial score (nSPS) is 11.2. The molecule has 0 aromatic heterocycles. The van der Waals surface area contributed by atoms with Gasteiger partial charge < -0.3 is 14.6 Å². The summed E-state index contributed by atoms with van der Waals surface area (Å²) >= 11 is 12.0. The van der Waals surface area contributed by atoms with Crippen LogP contribution in [-0.2, 0) is 4.79 Å². The lowest BCUT2D eigenvalue weighted by atomic mass is 10.0. The molecular formula is C17H14Cl2O4. The van der Waals surface area contributed by atoms with Crippen molar-refractivity contribution in [2.24, 2.45) is 0 Å². The Morgan fingerprint density at radius 3 is 2.13 bits per heavy atom. The lowest BCUT2D eigenvalue weighted by Crippen LogP contribution is -2.00. The lowest BCUT2D eigenvalue weighted by Gasteiger charge is -2.09. The van der Waals surface area contributed by atoms with Crippen molar-refractivity contribution in [2.45, 2.75) is 0 Å². The van der Waals surface area contributed by atoms with Crippen LogP contribution in [0.3, 0.4) is 0 Å². The van der Waals surface area contributed by atoms with Gasteiger partial charge in [0.1, 0.15) is 11.5 Å². The minimum Gasteiger partial charge on any atom is -0.497 e. The van der Waals surface area contributed by atoms with E-state index in [1.54, 1.807) is 30.3 Å². The number of hydrogen-bond acceptors (Lipinski definition) is 3. The van der Waals surface area contributed by atoms with E-state index in [4.69, 9.17) is 32.7 Å². The van der Waals surface area contributed by atoms with E-state index in [1.807, 2.05) is 0 Å². The number of methoxy groups -OCH3 is 2. The third kappa shape index (κ3) is 4.18. The first-order valence-electron chi connectivity index (χ1n) is 6.58. The first-order valence-corrected chi connectivity index (χ1v) is 7.33. The van der Waals surface area contributed by atoms with E-state index in [-0.39, 0.29) is 10.6 Å². The maximum absolute atomic E-state index is 11.6. The number of carboxylic acid groups (broad SMARTS) is 1. The van der Waals surface area contributed by atoms with Crippen molar-refractivity contribution in [1.29, 1.82) is 0 Å². The Balaban J connectivity index is 2.57. The van der Waals surface area contributed by atoms with E-state index in [0.717, 1.165) is 0 Å². The van der Waals surface area contributed by atoms with Crippen LogP contribution in [0, 0.1) is 0 Å². The van der Waals surface area contributed by atoms with Crippen LogP contribution in [-0.4, -0.2) is 25.3 Å². The highest BCUT2D eigenvalue weighted by molar-refractivity contribution is 6.37. The van der Waals surface area contributed by atoms with Gasteiger partial charge in [-0.15, -0.1) is 0 Å². The summed E-state index contributed by atoms with van der Waals surface area (Å²) in [5.74, 6) is 0.0149. The number of carboxylic acids is 1. The highest BCUT2D eigenvalue weighted by Crippen LogP contribution is 2.30. The topological polar surface area (TPSA) is 55.8 Å². The molecule has 0 aliphatic heterocycles. The summed E-state index contributed by atoms with van der Waals surface area (Å²) < 4.78 is 10.4. The Morgan fingerprint density at radius 2 is 1.65 bits per heavy atom. The molecule has 6 heteroatoms. The Morgan fingerprint density at radius 1 is 1.04 bits per heavy atom. The van der Waals surface area contributed by atoms with Gasteiger partial charge in [0.25, 0.3) is 0 Å². The number of carbonyl (C=O) groups is 1. The second kappa shape index (κ2) is 7.40. The first kappa shape index (κ1) is 17.2. The second-order valence-electron chi connectivity index (χ2n) is 4.63. The molecule has 0 atom stereocenters. The summed E-state index contributed by atoms with van der Waals surface area (Å²) in [5.41, 5.74) is 1.04. The number of benzene rings is 2. The third-order valence-corrected chi connectivity index (χ3v) is 3.68. The summed E-state index contributed by atoms with van der Waals surface area (Å²) in [6, 6.07) is 9.77. The largest absolute Gasteiger partial charge is 0.497 e. The van der Waals surface area contributed by atoms with Gasteiger partial charge in [-0.25, -0.2) is 4.79 Å². The quantitative estimate of drug-likeness (QED) is 0.629. The summed E-state index contributed by atoms with van der Waals surface area (Å²) in [6.07, 6.45) is 1.50. The average molecular weight is 353 g/mol. The smallest absolute Gasteiger partial charge is 0.336 e. The minimum atomic E-state index is -1.10. The van der Waals surface area contributed by atoms with E-state index in [1.165, 1.54) is 26.4 Å². The summed E-state index contributed by atoms with van der Waals surface area (Å²) in [5, 5.41) is 10.2. The fourth-order valence-electron chi connectivity index (χ4n) is 2.04. The van der Waals surface area contributed by atoms with Crippen LogP contribution in [0.4, 0.5) is 0 Å². The fraction of sp³-hybridized carbons (Fsp3) is 0.118. The van der Waals surface area contributed by atoms with Gasteiger partial charge in [-0.05, 0) is 35.9 Å². The lowest BCUT2D eigenvalue weighted by molar-refractivity contribution is -0.130. The van der Waals surface area contributed by atoms with Gasteiger partial charge in [0.15, 0.2) is 0 Å². The molecule has 0 radical (unpaired) electrons. The number of halogens is 2. The molecule has 120 valence electrons. The van der Waals surface area contributed by atoms with Crippen molar-refractivity contribution in [3.63, 3.8) is 0 Å². The molecule has 2 aromatic rings. The van der Waals surface area contributed by atoms with E-state index in [2.05, 4.69) is 0 Å². The van der Waals surface area contributed by atoms with Gasteiger partial charge in [0, 0.05) is 16.7 Å². The van der Waals surface area contributed by atoms with E-state index in [9.17, 15) is 9.90 Å². The zero-order valence-corrected chi connectivity index (χ0v) is 14.0. The van der Waals surface area contributed by atoms with E-state index >= 15 is 0 Å². The molecular weight excluding hydrogens is 339 g/mol. The molecule has 0 saturated heterocycles. The standard InChI is InChI=1S/C17H14Cl2O4/c1-22-12-5-10(6-13(9-12)23-2)7-15(17(20)21)14-4-3-11(18)8-16(14)19/h3-9H,1-2H3,(H,20,21)/b15-7+. The molecule has 0 unspecified atom stereocenters. The molecule has 2 rings (SSSR count). The summed E-state index contributed by atoms with van der Waals surface area (Å²) in [4.78, 5) is 11.6. The van der Waals surface area contributed by atoms with Crippen molar-refractivity contribution in [1.82, 2.24) is 0 Å². The van der Waals surface area contributed by atoms with Crippen molar-refractivity contribution in [2.75, 3.05) is 14.2 Å². The molecule has 0 saturated carbocycles. The minimum absolute atomic E-state index is 0.0435.